The van der Waals surface area contributed by atoms with E-state index in [9.17, 15) is 5.21 Å². The summed E-state index contributed by atoms with van der Waals surface area (Å²) in [5.41, 5.74) is 2.02. The molecule has 0 bridgehead atoms. The number of nitrogens with zero attached hydrogens (tertiary/aromatic N) is 1. The molecular weight excluding hydrogens is 212 g/mol. The highest BCUT2D eigenvalue weighted by atomic mass is 16.5. The number of piperazine rings is 1. The van der Waals surface area contributed by atoms with Crippen molar-refractivity contribution in [1.29, 1.82) is 0 Å². The Morgan fingerprint density at radius 3 is 2.53 bits per heavy atom. The van der Waals surface area contributed by atoms with E-state index < -0.39 is 0 Å². The van der Waals surface area contributed by atoms with Crippen LogP contribution in [0.25, 0.3) is 0 Å². The molecule has 17 heavy (non-hydrogen) atoms. The first-order valence-corrected chi connectivity index (χ1v) is 5.89. The van der Waals surface area contributed by atoms with Crippen molar-refractivity contribution in [2.24, 2.45) is 0 Å². The lowest BCUT2D eigenvalue weighted by Crippen LogP contribution is -3.10. The van der Waals surface area contributed by atoms with Crippen LogP contribution in [0.3, 0.4) is 0 Å². The highest BCUT2D eigenvalue weighted by molar-refractivity contribution is 5.36. The van der Waals surface area contributed by atoms with E-state index in [1.807, 2.05) is 24.3 Å². The van der Waals surface area contributed by atoms with Crippen molar-refractivity contribution in [3.05, 3.63) is 47.5 Å². The third kappa shape index (κ3) is 3.86. The lowest BCUT2D eigenvalue weighted by atomic mass is 10.1. The molecule has 1 aliphatic rings. The van der Waals surface area contributed by atoms with Gasteiger partial charge in [-0.3, -0.25) is 4.90 Å². The molecule has 1 saturated heterocycles. The lowest BCUT2D eigenvalue weighted by molar-refractivity contribution is -0.853. The van der Waals surface area contributed by atoms with Crippen molar-refractivity contribution in [3.8, 4) is 11.8 Å². The van der Waals surface area contributed by atoms with Crippen molar-refractivity contribution in [2.45, 2.75) is 0 Å². The van der Waals surface area contributed by atoms with Crippen LogP contribution in [-0.2, 0) is 0 Å². The maximum atomic E-state index is 11.1. The summed E-state index contributed by atoms with van der Waals surface area (Å²) in [6, 6.07) is 7.89. The van der Waals surface area contributed by atoms with Crippen molar-refractivity contribution in [2.75, 3.05) is 32.7 Å². The quantitative estimate of drug-likeness (QED) is 0.539. The molecule has 0 amide bonds. The van der Waals surface area contributed by atoms with Crippen molar-refractivity contribution < 1.29 is 5.06 Å². The summed E-state index contributed by atoms with van der Waals surface area (Å²) in [5, 5.41) is 11.4. The minimum atomic E-state index is 0.375. The molecule has 3 heteroatoms. The Kier molecular flexibility index (Phi) is 4.16. The fraction of sp³-hybridized carbons (Fsp3) is 0.357. The topological polar surface area (TPSA) is 30.7 Å². The van der Waals surface area contributed by atoms with E-state index in [-0.39, 0.29) is 0 Å². The van der Waals surface area contributed by atoms with Gasteiger partial charge < -0.3 is 10.3 Å². The van der Waals surface area contributed by atoms with Crippen LogP contribution in [0.5, 0.6) is 0 Å². The normalized spacial score (nSPS) is 17.5. The van der Waals surface area contributed by atoms with Crippen LogP contribution < -0.4 is 5.06 Å². The second kappa shape index (κ2) is 5.83. The van der Waals surface area contributed by atoms with Gasteiger partial charge in [0.15, 0.2) is 0 Å². The summed E-state index contributed by atoms with van der Waals surface area (Å²) >= 11 is 0. The highest BCUT2D eigenvalue weighted by Gasteiger charge is 2.12. The molecule has 0 saturated carbocycles. The summed E-state index contributed by atoms with van der Waals surface area (Å²) in [6.07, 6.45) is 0. The Morgan fingerprint density at radius 1 is 1.24 bits per heavy atom. The second-order valence-corrected chi connectivity index (χ2v) is 4.31. The maximum absolute atomic E-state index is 11.1. The molecule has 89 valence electrons. The Labute approximate surface area is 103 Å². The molecule has 1 N–H and O–H groups in total. The standard InChI is InChI=1S/C14H17N2O/c1-13-4-6-14(7-5-13)3-2-8-15-9-11-16(17)12-10-15/h4-7,16H,1,8-12H2. The fourth-order valence-electron chi connectivity index (χ4n) is 1.80. The second-order valence-electron chi connectivity index (χ2n) is 4.31. The van der Waals surface area contributed by atoms with Gasteiger partial charge in [-0.1, -0.05) is 24.0 Å². The molecule has 1 fully saturated rings. The highest BCUT2D eigenvalue weighted by Crippen LogP contribution is 2.00. The van der Waals surface area contributed by atoms with Crippen LogP contribution in [0.2, 0.25) is 0 Å². The number of nitrogens with one attached hydrogen (secondary N) is 1. The van der Waals surface area contributed by atoms with Crippen LogP contribution in [0, 0.1) is 24.0 Å². The number of hydrogen-bond acceptors (Lipinski definition) is 2. The predicted octanol–water partition coefficient (Wildman–Crippen LogP) is -0.0814. The molecule has 0 aliphatic carbocycles. The number of rotatable bonds is 1. The van der Waals surface area contributed by atoms with Crippen LogP contribution >= 0.6 is 0 Å². The minimum Gasteiger partial charge on any atom is -0.634 e. The molecule has 3 nitrogen and oxygen atoms in total. The van der Waals surface area contributed by atoms with Gasteiger partial charge in [-0.25, -0.2) is 0 Å². The largest absolute Gasteiger partial charge is 0.634 e. The Balaban J connectivity index is 1.84. The molecule has 1 heterocycles. The zero-order chi connectivity index (χ0) is 12.1. The first kappa shape index (κ1) is 12.1. The van der Waals surface area contributed by atoms with Crippen molar-refractivity contribution >= 4 is 0 Å². The van der Waals surface area contributed by atoms with Gasteiger partial charge >= 0.3 is 0 Å². The van der Waals surface area contributed by atoms with Crippen LogP contribution in [0.4, 0.5) is 0 Å². The molecule has 0 spiro atoms. The van der Waals surface area contributed by atoms with Gasteiger partial charge in [0.25, 0.3) is 0 Å². The lowest BCUT2D eigenvalue weighted by Gasteiger charge is -2.32. The fourth-order valence-corrected chi connectivity index (χ4v) is 1.80. The molecular formula is C14H17N2O. The minimum absolute atomic E-state index is 0.375. The SMILES string of the molecule is [CH2]c1ccc(C#CCN2CC[NH+]([O-])CC2)cc1. The van der Waals surface area contributed by atoms with Crippen molar-refractivity contribution in [1.82, 2.24) is 4.90 Å². The monoisotopic (exact) mass is 229 g/mol. The van der Waals surface area contributed by atoms with Gasteiger partial charge in [0.05, 0.1) is 19.6 Å². The van der Waals surface area contributed by atoms with Gasteiger partial charge in [0.2, 0.25) is 0 Å². The van der Waals surface area contributed by atoms with E-state index >= 15 is 0 Å². The molecule has 0 unspecified atom stereocenters. The van der Waals surface area contributed by atoms with Gasteiger partial charge in [-0.2, -0.15) is 0 Å². The predicted molar refractivity (Wildman–Crippen MR) is 68.3 cm³/mol. The van der Waals surface area contributed by atoms with Crippen LogP contribution in [-0.4, -0.2) is 37.6 Å². The number of benzene rings is 1. The van der Waals surface area contributed by atoms with Crippen LogP contribution in [0.15, 0.2) is 24.3 Å². The first-order valence-electron chi connectivity index (χ1n) is 5.89. The van der Waals surface area contributed by atoms with E-state index in [0.717, 1.165) is 30.8 Å². The first-order chi connectivity index (χ1) is 8.24. The molecule has 1 aromatic rings. The molecule has 0 aromatic heterocycles. The Hall–Kier alpha value is -1.34. The third-order valence-corrected chi connectivity index (χ3v) is 2.90. The van der Waals surface area contributed by atoms with Gasteiger partial charge in [-0.05, 0) is 24.6 Å². The van der Waals surface area contributed by atoms with E-state index in [2.05, 4.69) is 23.7 Å². The van der Waals surface area contributed by atoms with E-state index in [1.54, 1.807) is 0 Å². The third-order valence-electron chi connectivity index (χ3n) is 2.90. The van der Waals surface area contributed by atoms with Gasteiger partial charge in [0.1, 0.15) is 0 Å². The smallest absolute Gasteiger partial charge is 0.0898 e. The molecule has 2 rings (SSSR count). The molecule has 1 aliphatic heterocycles. The summed E-state index contributed by atoms with van der Waals surface area (Å²) < 4.78 is 0. The van der Waals surface area contributed by atoms with Gasteiger partial charge in [0, 0.05) is 18.7 Å². The molecule has 1 radical (unpaired) electrons. The van der Waals surface area contributed by atoms with Gasteiger partial charge in [-0.15, -0.1) is 0 Å². The molecule has 0 atom stereocenters. The van der Waals surface area contributed by atoms with E-state index in [0.29, 0.717) is 18.2 Å². The van der Waals surface area contributed by atoms with Crippen LogP contribution in [0.1, 0.15) is 11.1 Å². The summed E-state index contributed by atoms with van der Waals surface area (Å²) in [4.78, 5) is 2.23. The summed E-state index contributed by atoms with van der Waals surface area (Å²) in [6.45, 7) is 7.65. The number of hydroxylamine groups is 2. The maximum Gasteiger partial charge on any atom is 0.0898 e. The summed E-state index contributed by atoms with van der Waals surface area (Å²) in [7, 11) is 0. The zero-order valence-electron chi connectivity index (χ0n) is 9.91. The number of hydrogen-bond donors (Lipinski definition) is 1. The Bertz CT molecular complexity index is 408. The Morgan fingerprint density at radius 2 is 1.88 bits per heavy atom. The summed E-state index contributed by atoms with van der Waals surface area (Å²) in [5.74, 6) is 6.28. The van der Waals surface area contributed by atoms with E-state index in [4.69, 9.17) is 0 Å². The number of quaternary nitrogens is 1. The van der Waals surface area contributed by atoms with E-state index in [1.165, 1.54) is 0 Å². The average molecular weight is 229 g/mol. The van der Waals surface area contributed by atoms with Crippen molar-refractivity contribution in [3.63, 3.8) is 0 Å². The zero-order valence-corrected chi connectivity index (χ0v) is 9.91. The molecule has 1 aromatic carbocycles. The average Bonchev–Trinajstić information content (AvgIpc) is 2.34.